The molecule has 1 aliphatic carbocycles. The maximum Gasteiger partial charge on any atom is 0.278 e. The van der Waals surface area contributed by atoms with Gasteiger partial charge in [0.05, 0.1) is 40.6 Å². The van der Waals surface area contributed by atoms with Crippen LogP contribution in [-0.4, -0.2) is 113 Å². The van der Waals surface area contributed by atoms with E-state index in [1.165, 1.54) is 24.2 Å². The van der Waals surface area contributed by atoms with E-state index < -0.39 is 0 Å². The molecule has 55 heavy (non-hydrogen) atoms. The number of fused-ring (bicyclic) bond motifs is 6. The van der Waals surface area contributed by atoms with E-state index in [-0.39, 0.29) is 60.8 Å². The Hall–Kier alpha value is -4.59. The minimum atomic E-state index is -0.377. The molecule has 2 aromatic carbocycles. The highest BCUT2D eigenvalue weighted by molar-refractivity contribution is 6.19. The Balaban J connectivity index is 1.39. The quantitative estimate of drug-likeness (QED) is 0.129. The lowest BCUT2D eigenvalue weighted by molar-refractivity contribution is -0.166. The van der Waals surface area contributed by atoms with Gasteiger partial charge in [-0.05, 0) is 86.1 Å². The van der Waals surface area contributed by atoms with Crippen LogP contribution in [0.15, 0.2) is 53.2 Å². The van der Waals surface area contributed by atoms with E-state index in [0.29, 0.717) is 74.3 Å². The average Bonchev–Trinajstić information content (AvgIpc) is 3.47. The molecule has 0 spiro atoms. The highest BCUT2D eigenvalue weighted by atomic mass is 35.5. The number of nitrogens with zero attached hydrogens (tertiary/aromatic N) is 4. The highest BCUT2D eigenvalue weighted by Crippen LogP contribution is 2.40. The van der Waals surface area contributed by atoms with Crippen molar-refractivity contribution in [1.29, 1.82) is 0 Å². The maximum absolute atomic E-state index is 14.0. The van der Waals surface area contributed by atoms with Crippen LogP contribution >= 0.6 is 11.6 Å². The number of rotatable bonds is 16. The summed E-state index contributed by atoms with van der Waals surface area (Å²) in [7, 11) is 6.95. The second kappa shape index (κ2) is 20.9. The van der Waals surface area contributed by atoms with Gasteiger partial charge in [0, 0.05) is 44.2 Å². The van der Waals surface area contributed by atoms with Crippen LogP contribution < -0.4 is 24.5 Å². The highest BCUT2D eigenvalue weighted by Gasteiger charge is 2.34. The molecule has 4 bridgehead atoms. The molecule has 298 valence electrons. The molecular formula is C41H54ClN5O8. The fraction of sp³-hybridized carbons (Fsp3) is 0.512. The van der Waals surface area contributed by atoms with Gasteiger partial charge in [-0.2, -0.15) is 5.06 Å². The number of nitrogens with one attached hydrogen (secondary N) is 1. The van der Waals surface area contributed by atoms with Crippen LogP contribution in [0.5, 0.6) is 17.2 Å². The summed E-state index contributed by atoms with van der Waals surface area (Å²) in [6.07, 6.45) is 11.6. The molecule has 0 atom stereocenters. The molecule has 0 radical (unpaired) electrons. The molecule has 13 nitrogen and oxygen atoms in total. The lowest BCUT2D eigenvalue weighted by Gasteiger charge is -2.32. The number of hydroxylamine groups is 2. The third-order valence-corrected chi connectivity index (χ3v) is 10.0. The summed E-state index contributed by atoms with van der Waals surface area (Å²) in [4.78, 5) is 55.6. The van der Waals surface area contributed by atoms with Crippen molar-refractivity contribution in [3.8, 4) is 17.2 Å². The Bertz CT molecular complexity index is 1700. The molecule has 0 unspecified atom stereocenters. The van der Waals surface area contributed by atoms with Gasteiger partial charge in [-0.1, -0.05) is 31.1 Å². The number of anilines is 1. The number of benzene rings is 2. The third kappa shape index (κ3) is 11.7. The largest absolute Gasteiger partial charge is 0.493 e. The van der Waals surface area contributed by atoms with E-state index in [1.807, 2.05) is 43.3 Å². The topological polar surface area (TPSA) is 131 Å². The van der Waals surface area contributed by atoms with Crippen molar-refractivity contribution in [2.45, 2.75) is 57.4 Å². The molecule has 14 heteroatoms. The molecule has 0 saturated heterocycles. The third-order valence-electron chi connectivity index (χ3n) is 9.76. The Morgan fingerprint density at radius 1 is 0.909 bits per heavy atom. The first-order valence-corrected chi connectivity index (χ1v) is 19.6. The van der Waals surface area contributed by atoms with Gasteiger partial charge < -0.3 is 34.0 Å². The number of amides is 3. The normalized spacial score (nSPS) is 19.5. The standard InChI is InChI=1S/C41H54ClN5O8/c1-45(2)33-16-9-29(10-17-33)25-34-41(50)46-28-38(48)43-32-14-12-31(13-15-32)40(49)47(20-22-54-24-23-53-21-8-6-5-7-19-42)55-36-27-30(11-18-37(46)44-34)26-35(51-3)39(36)52-4/h9-11,16-18,25-27,31-32H,5-8,12-15,19-24,28H2,1-4H3,(H,43,48)/b18-11?,34-25-. The lowest BCUT2D eigenvalue weighted by Crippen LogP contribution is -2.47. The van der Waals surface area contributed by atoms with Gasteiger partial charge in [0.2, 0.25) is 17.4 Å². The Labute approximate surface area is 329 Å². The number of ether oxygens (including phenoxy) is 4. The number of carbonyl (C=O) groups excluding carboxylic acids is 3. The molecule has 3 amide bonds. The predicted octanol–water partition coefficient (Wildman–Crippen LogP) is 5.71. The van der Waals surface area contributed by atoms with Crippen LogP contribution in [0.3, 0.4) is 0 Å². The zero-order valence-electron chi connectivity index (χ0n) is 32.4. The first-order valence-electron chi connectivity index (χ1n) is 19.0. The molecule has 6 rings (SSSR count). The molecule has 1 N–H and O–H groups in total. The second-order valence-electron chi connectivity index (χ2n) is 13.9. The van der Waals surface area contributed by atoms with Crippen LogP contribution in [0, 0.1) is 5.92 Å². The predicted molar refractivity (Wildman–Crippen MR) is 214 cm³/mol. The van der Waals surface area contributed by atoms with E-state index in [0.717, 1.165) is 36.9 Å². The van der Waals surface area contributed by atoms with Crippen LogP contribution in [0.4, 0.5) is 5.69 Å². The number of amidine groups is 1. The van der Waals surface area contributed by atoms with Gasteiger partial charge in [-0.3, -0.25) is 19.3 Å². The molecular weight excluding hydrogens is 726 g/mol. The molecule has 3 aliphatic heterocycles. The first-order chi connectivity index (χ1) is 26.7. The van der Waals surface area contributed by atoms with E-state index in [2.05, 4.69) is 10.3 Å². The number of hydrogen-bond acceptors (Lipinski definition) is 10. The van der Waals surface area contributed by atoms with Gasteiger partial charge in [0.15, 0.2) is 5.75 Å². The number of methoxy groups -OCH3 is 2. The van der Waals surface area contributed by atoms with E-state index in [1.54, 1.807) is 30.4 Å². The summed E-state index contributed by atoms with van der Waals surface area (Å²) >= 11 is 5.75. The lowest BCUT2D eigenvalue weighted by atomic mass is 9.85. The summed E-state index contributed by atoms with van der Waals surface area (Å²) in [5.74, 6) is 0.791. The number of aliphatic imine (C=N–C) groups is 1. The second-order valence-corrected chi connectivity index (χ2v) is 14.3. The van der Waals surface area contributed by atoms with Crippen molar-refractivity contribution in [2.75, 3.05) is 78.6 Å². The van der Waals surface area contributed by atoms with Crippen LogP contribution in [0.2, 0.25) is 0 Å². The van der Waals surface area contributed by atoms with Crippen molar-refractivity contribution in [2.24, 2.45) is 10.9 Å². The molecule has 1 saturated carbocycles. The number of unbranched alkanes of at least 4 members (excludes halogenated alkanes) is 3. The van der Waals surface area contributed by atoms with Crippen molar-refractivity contribution in [3.05, 3.63) is 59.3 Å². The Morgan fingerprint density at radius 2 is 1.64 bits per heavy atom. The SMILES string of the molecule is COc1cc2cc(c1OC)ON(CCOCCOCCCCCCCl)C(=O)C1CCC(CC1)NC(=O)CN1C(=O)/C(=C/c3ccc(N(C)C)cc3)N=C1C=C2. The van der Waals surface area contributed by atoms with Gasteiger partial charge >= 0.3 is 0 Å². The summed E-state index contributed by atoms with van der Waals surface area (Å²) in [6.45, 7) is 1.70. The molecule has 0 aromatic heterocycles. The zero-order valence-corrected chi connectivity index (χ0v) is 33.1. The van der Waals surface area contributed by atoms with Crippen LogP contribution in [-0.2, 0) is 23.9 Å². The maximum atomic E-state index is 14.0. The van der Waals surface area contributed by atoms with Gasteiger partial charge in [-0.25, -0.2) is 4.99 Å². The van der Waals surface area contributed by atoms with Crippen molar-refractivity contribution < 1.29 is 38.2 Å². The number of halogens is 1. The van der Waals surface area contributed by atoms with Crippen LogP contribution in [0.1, 0.15) is 62.5 Å². The number of hydrogen-bond donors (Lipinski definition) is 1. The summed E-state index contributed by atoms with van der Waals surface area (Å²) < 4.78 is 23.0. The first kappa shape index (κ1) is 41.6. The smallest absolute Gasteiger partial charge is 0.278 e. The molecule has 4 aliphatic rings. The van der Waals surface area contributed by atoms with E-state index >= 15 is 0 Å². The minimum Gasteiger partial charge on any atom is -0.493 e. The fourth-order valence-electron chi connectivity index (χ4n) is 6.71. The number of carbonyl (C=O) groups is 3. The Kier molecular flexibility index (Phi) is 15.8. The van der Waals surface area contributed by atoms with E-state index in [4.69, 9.17) is 35.4 Å². The van der Waals surface area contributed by atoms with Crippen molar-refractivity contribution in [3.63, 3.8) is 0 Å². The zero-order chi connectivity index (χ0) is 39.2. The summed E-state index contributed by atoms with van der Waals surface area (Å²) in [5, 5.41) is 4.43. The van der Waals surface area contributed by atoms with Gasteiger partial charge in [0.25, 0.3) is 11.8 Å². The van der Waals surface area contributed by atoms with E-state index in [9.17, 15) is 14.4 Å². The number of alkyl halides is 1. The average molecular weight is 780 g/mol. The monoisotopic (exact) mass is 779 g/mol. The fourth-order valence-corrected chi connectivity index (χ4v) is 6.89. The van der Waals surface area contributed by atoms with Gasteiger partial charge in [-0.15, -0.1) is 11.6 Å². The van der Waals surface area contributed by atoms with Crippen molar-refractivity contribution in [1.82, 2.24) is 15.3 Å². The van der Waals surface area contributed by atoms with Gasteiger partial charge in [0.1, 0.15) is 18.1 Å². The van der Waals surface area contributed by atoms with Crippen molar-refractivity contribution >= 4 is 53.0 Å². The summed E-state index contributed by atoms with van der Waals surface area (Å²) in [5.41, 5.74) is 2.68. The molecule has 2 aromatic rings. The Morgan fingerprint density at radius 3 is 2.33 bits per heavy atom. The minimum absolute atomic E-state index is 0.136. The summed E-state index contributed by atoms with van der Waals surface area (Å²) in [6, 6.07) is 11.1. The molecule has 1 fully saturated rings. The molecule has 3 heterocycles. The van der Waals surface area contributed by atoms with Crippen LogP contribution in [0.25, 0.3) is 12.2 Å².